The Morgan fingerprint density at radius 2 is 1.87 bits per heavy atom. The number of anilines is 3. The maximum absolute atomic E-state index is 12.2. The van der Waals surface area contributed by atoms with E-state index in [1.165, 1.54) is 17.0 Å². The molecule has 2 N–H and O–H groups in total. The summed E-state index contributed by atoms with van der Waals surface area (Å²) in [4.78, 5) is 28.1. The fraction of sp³-hybridized carbons (Fsp3) is 0.100. The average molecular weight is 402 g/mol. The Hall–Kier alpha value is -4.34. The van der Waals surface area contributed by atoms with Crippen molar-refractivity contribution in [1.82, 2.24) is 29.5 Å². The van der Waals surface area contributed by atoms with E-state index in [-0.39, 0.29) is 18.0 Å². The van der Waals surface area contributed by atoms with E-state index in [9.17, 15) is 9.59 Å². The molecule has 0 aliphatic carbocycles. The number of carbonyl (C=O) groups excluding carboxylic acids is 1. The van der Waals surface area contributed by atoms with Crippen LogP contribution in [0.4, 0.5) is 17.2 Å². The largest absolute Gasteiger partial charge is 0.339 e. The van der Waals surface area contributed by atoms with Crippen molar-refractivity contribution in [1.29, 1.82) is 0 Å². The number of hydrogen-bond donors (Lipinski definition) is 2. The van der Waals surface area contributed by atoms with Crippen LogP contribution in [0.2, 0.25) is 0 Å². The molecule has 0 saturated heterocycles. The van der Waals surface area contributed by atoms with Crippen molar-refractivity contribution >= 4 is 23.1 Å². The van der Waals surface area contributed by atoms with Crippen LogP contribution in [0.25, 0.3) is 5.82 Å². The lowest BCUT2D eigenvalue weighted by Gasteiger charge is -2.09. The van der Waals surface area contributed by atoms with Crippen molar-refractivity contribution in [2.75, 3.05) is 10.6 Å². The van der Waals surface area contributed by atoms with E-state index in [1.54, 1.807) is 60.4 Å². The number of aryl methyl sites for hydroxylation is 1. The Balaban J connectivity index is 1.35. The first-order valence-electron chi connectivity index (χ1n) is 9.10. The van der Waals surface area contributed by atoms with Crippen LogP contribution < -0.4 is 16.2 Å². The summed E-state index contributed by atoms with van der Waals surface area (Å²) in [5.74, 6) is 0.879. The molecule has 0 fully saturated rings. The van der Waals surface area contributed by atoms with Crippen LogP contribution in [0.3, 0.4) is 0 Å². The Labute approximate surface area is 171 Å². The third-order valence-electron chi connectivity index (χ3n) is 4.16. The van der Waals surface area contributed by atoms with Crippen LogP contribution in [0.5, 0.6) is 0 Å². The van der Waals surface area contributed by atoms with E-state index in [4.69, 9.17) is 0 Å². The zero-order chi connectivity index (χ0) is 20.9. The van der Waals surface area contributed by atoms with E-state index in [0.717, 1.165) is 5.69 Å². The minimum Gasteiger partial charge on any atom is -0.339 e. The summed E-state index contributed by atoms with van der Waals surface area (Å²) < 4.78 is 2.87. The van der Waals surface area contributed by atoms with Crippen LogP contribution >= 0.6 is 0 Å². The van der Waals surface area contributed by atoms with Crippen molar-refractivity contribution in [3.63, 3.8) is 0 Å². The van der Waals surface area contributed by atoms with Gasteiger partial charge in [0, 0.05) is 35.5 Å². The van der Waals surface area contributed by atoms with E-state index < -0.39 is 0 Å². The first-order valence-corrected chi connectivity index (χ1v) is 9.10. The number of aromatic nitrogens is 6. The highest BCUT2D eigenvalue weighted by atomic mass is 16.2. The minimum atomic E-state index is -0.316. The first kappa shape index (κ1) is 19.0. The summed E-state index contributed by atoms with van der Waals surface area (Å²) in [5.41, 5.74) is 1.74. The molecule has 10 nitrogen and oxygen atoms in total. The van der Waals surface area contributed by atoms with Gasteiger partial charge in [0.25, 0.3) is 5.56 Å². The molecule has 10 heteroatoms. The molecule has 0 unspecified atom stereocenters. The number of benzene rings is 1. The minimum absolute atomic E-state index is 0.107. The van der Waals surface area contributed by atoms with Crippen LogP contribution in [-0.2, 0) is 11.3 Å². The van der Waals surface area contributed by atoms with Gasteiger partial charge in [-0.3, -0.25) is 14.2 Å². The molecule has 3 heterocycles. The lowest BCUT2D eigenvalue weighted by molar-refractivity contribution is -0.116. The first-order chi connectivity index (χ1) is 14.6. The van der Waals surface area contributed by atoms with Crippen molar-refractivity contribution in [2.24, 2.45) is 0 Å². The number of hydrogen-bond acceptors (Lipinski definition) is 7. The lowest BCUT2D eigenvalue weighted by atomic mass is 10.2. The maximum atomic E-state index is 12.2. The summed E-state index contributed by atoms with van der Waals surface area (Å²) in [6, 6.07) is 13.9. The second-order valence-corrected chi connectivity index (χ2v) is 6.47. The summed E-state index contributed by atoms with van der Waals surface area (Å²) in [6.45, 7) is 1.62. The third kappa shape index (κ3) is 4.55. The normalized spacial score (nSPS) is 10.6. The molecule has 0 saturated carbocycles. The molecule has 0 bridgehead atoms. The Morgan fingerprint density at radius 1 is 1.07 bits per heavy atom. The molecule has 3 aromatic heterocycles. The second-order valence-electron chi connectivity index (χ2n) is 6.47. The Bertz CT molecular complexity index is 1200. The highest BCUT2D eigenvalue weighted by Gasteiger charge is 2.06. The zero-order valence-electron chi connectivity index (χ0n) is 16.1. The van der Waals surface area contributed by atoms with Gasteiger partial charge in [-0.05, 0) is 49.4 Å². The summed E-state index contributed by atoms with van der Waals surface area (Å²) in [5, 5.41) is 18.3. The van der Waals surface area contributed by atoms with Gasteiger partial charge in [0.05, 0.1) is 6.33 Å². The van der Waals surface area contributed by atoms with Crippen LogP contribution in [0.1, 0.15) is 5.69 Å². The van der Waals surface area contributed by atoms with Crippen molar-refractivity contribution in [2.45, 2.75) is 13.5 Å². The van der Waals surface area contributed by atoms with Gasteiger partial charge in [0.1, 0.15) is 6.54 Å². The Morgan fingerprint density at radius 3 is 2.53 bits per heavy atom. The monoisotopic (exact) mass is 402 g/mol. The fourth-order valence-corrected chi connectivity index (χ4v) is 2.69. The number of nitrogens with one attached hydrogen (secondary N) is 2. The molecule has 0 aliphatic rings. The molecule has 1 aromatic carbocycles. The van der Waals surface area contributed by atoms with E-state index in [1.807, 2.05) is 6.07 Å². The highest BCUT2D eigenvalue weighted by molar-refractivity contribution is 5.90. The summed E-state index contributed by atoms with van der Waals surface area (Å²) in [7, 11) is 0. The fourth-order valence-electron chi connectivity index (χ4n) is 2.69. The number of nitrogens with zero attached hydrogens (tertiary/aromatic N) is 6. The van der Waals surface area contributed by atoms with Gasteiger partial charge in [-0.1, -0.05) is 0 Å². The summed E-state index contributed by atoms with van der Waals surface area (Å²) in [6.07, 6.45) is 4.82. The molecule has 4 aromatic rings. The number of carbonyl (C=O) groups is 1. The quantitative estimate of drug-likeness (QED) is 0.505. The smallest absolute Gasteiger partial charge is 0.253 e. The molecule has 4 rings (SSSR count). The van der Waals surface area contributed by atoms with Crippen molar-refractivity contribution < 1.29 is 4.79 Å². The number of amides is 1. The van der Waals surface area contributed by atoms with Gasteiger partial charge in [-0.25, -0.2) is 9.67 Å². The van der Waals surface area contributed by atoms with Crippen molar-refractivity contribution in [3.8, 4) is 5.82 Å². The lowest BCUT2D eigenvalue weighted by Crippen LogP contribution is -2.27. The highest BCUT2D eigenvalue weighted by Crippen LogP contribution is 2.17. The van der Waals surface area contributed by atoms with E-state index in [2.05, 4.69) is 30.9 Å². The molecule has 1 amide bonds. The molecule has 0 radical (unpaired) electrons. The molecule has 150 valence electrons. The SMILES string of the molecule is Cc1cc(=O)n(CC(=O)Nc2ccc(Nc3ccc(-n4cccn4)nn3)cc2)cn1. The second kappa shape index (κ2) is 8.35. The van der Waals surface area contributed by atoms with Gasteiger partial charge >= 0.3 is 0 Å². The van der Waals surface area contributed by atoms with Gasteiger partial charge in [-0.15, -0.1) is 10.2 Å². The third-order valence-corrected chi connectivity index (χ3v) is 4.16. The van der Waals surface area contributed by atoms with Gasteiger partial charge in [0.15, 0.2) is 11.6 Å². The van der Waals surface area contributed by atoms with Gasteiger partial charge < -0.3 is 10.6 Å². The zero-order valence-corrected chi connectivity index (χ0v) is 16.1. The average Bonchev–Trinajstić information content (AvgIpc) is 3.27. The molecule has 0 aliphatic heterocycles. The van der Waals surface area contributed by atoms with E-state index in [0.29, 0.717) is 23.0 Å². The molecule has 0 spiro atoms. The Kier molecular flexibility index (Phi) is 5.29. The molecular weight excluding hydrogens is 384 g/mol. The number of rotatable bonds is 6. The standard InChI is InChI=1S/C20H18N8O2/c1-14-11-20(30)27(13-21-14)12-19(29)24-16-5-3-15(4-6-16)23-17-7-8-18(26-25-17)28-10-2-9-22-28/h2-11,13H,12H2,1H3,(H,23,25)(H,24,29). The molecular formula is C20H18N8O2. The molecule has 0 atom stereocenters. The van der Waals surface area contributed by atoms with Crippen LogP contribution in [-0.4, -0.2) is 35.4 Å². The van der Waals surface area contributed by atoms with Crippen LogP contribution in [0, 0.1) is 6.92 Å². The predicted molar refractivity (Wildman–Crippen MR) is 111 cm³/mol. The maximum Gasteiger partial charge on any atom is 0.253 e. The van der Waals surface area contributed by atoms with E-state index >= 15 is 0 Å². The predicted octanol–water partition coefficient (Wildman–Crippen LogP) is 1.91. The van der Waals surface area contributed by atoms with Crippen LogP contribution in [0.15, 0.2) is 72.0 Å². The van der Waals surface area contributed by atoms with Gasteiger partial charge in [-0.2, -0.15) is 5.10 Å². The summed E-state index contributed by atoms with van der Waals surface area (Å²) >= 11 is 0. The molecule has 30 heavy (non-hydrogen) atoms. The topological polar surface area (TPSA) is 120 Å². The van der Waals surface area contributed by atoms with Gasteiger partial charge in [0.2, 0.25) is 5.91 Å². The van der Waals surface area contributed by atoms with Crippen molar-refractivity contribution in [3.05, 3.63) is 83.3 Å².